The van der Waals surface area contributed by atoms with Gasteiger partial charge in [-0.2, -0.15) is 5.10 Å². The molecule has 7 nitrogen and oxygen atoms in total. The molecule has 1 aliphatic rings. The van der Waals surface area contributed by atoms with Crippen molar-refractivity contribution in [2.45, 2.75) is 44.0 Å². The normalized spacial score (nSPS) is 22.3. The second-order valence-corrected chi connectivity index (χ2v) is 6.26. The van der Waals surface area contributed by atoms with E-state index in [4.69, 9.17) is 5.14 Å². The van der Waals surface area contributed by atoms with Crippen molar-refractivity contribution in [1.82, 2.24) is 15.5 Å². The number of carbonyl (C=O) groups excluding carboxylic acids is 1. The zero-order valence-corrected chi connectivity index (χ0v) is 11.8. The summed E-state index contributed by atoms with van der Waals surface area (Å²) in [7, 11) is -3.97. The Labute approximate surface area is 112 Å². The van der Waals surface area contributed by atoms with Gasteiger partial charge in [0, 0.05) is 6.04 Å². The van der Waals surface area contributed by atoms with Gasteiger partial charge in [-0.3, -0.25) is 9.89 Å². The van der Waals surface area contributed by atoms with Crippen molar-refractivity contribution < 1.29 is 13.2 Å². The Kier molecular flexibility index (Phi) is 3.64. The van der Waals surface area contributed by atoms with Gasteiger partial charge in [-0.15, -0.1) is 0 Å². The van der Waals surface area contributed by atoms with E-state index in [2.05, 4.69) is 22.4 Å². The summed E-state index contributed by atoms with van der Waals surface area (Å²) in [5.41, 5.74) is 0.219. The molecule has 1 heterocycles. The summed E-state index contributed by atoms with van der Waals surface area (Å²) in [6.45, 7) is 3.81. The van der Waals surface area contributed by atoms with Gasteiger partial charge in [0.05, 0.1) is 5.69 Å². The zero-order valence-electron chi connectivity index (χ0n) is 10.9. The summed E-state index contributed by atoms with van der Waals surface area (Å²) in [5.74, 6) is -0.00704. The van der Waals surface area contributed by atoms with Gasteiger partial charge in [0.15, 0.2) is 5.69 Å². The van der Waals surface area contributed by atoms with Crippen LogP contribution in [0.3, 0.4) is 0 Å². The topological polar surface area (TPSA) is 118 Å². The quantitative estimate of drug-likeness (QED) is 0.713. The van der Waals surface area contributed by atoms with E-state index >= 15 is 0 Å². The van der Waals surface area contributed by atoms with Crippen LogP contribution in [0.1, 0.15) is 42.9 Å². The third-order valence-corrected chi connectivity index (χ3v) is 4.42. The first-order valence-electron chi connectivity index (χ1n) is 6.29. The molecule has 1 aliphatic carbocycles. The molecule has 0 bridgehead atoms. The molecule has 2 rings (SSSR count). The maximum Gasteiger partial charge on any atom is 0.273 e. The minimum absolute atomic E-state index is 0.118. The highest BCUT2D eigenvalue weighted by Gasteiger charge is 2.38. The number of hydrogen-bond acceptors (Lipinski definition) is 4. The van der Waals surface area contributed by atoms with Gasteiger partial charge < -0.3 is 5.32 Å². The lowest BCUT2D eigenvalue weighted by Gasteiger charge is -2.04. The third kappa shape index (κ3) is 2.79. The summed E-state index contributed by atoms with van der Waals surface area (Å²) in [4.78, 5) is 11.8. The van der Waals surface area contributed by atoms with Crippen molar-refractivity contribution in [2.75, 3.05) is 0 Å². The van der Waals surface area contributed by atoms with E-state index in [9.17, 15) is 13.2 Å². The molecular formula is C11H18N4O3S. The van der Waals surface area contributed by atoms with Gasteiger partial charge in [0.1, 0.15) is 4.90 Å². The molecular weight excluding hydrogens is 268 g/mol. The molecule has 4 N–H and O–H groups in total. The Morgan fingerprint density at radius 1 is 1.53 bits per heavy atom. The number of H-pyrrole nitrogens is 1. The molecule has 0 aliphatic heterocycles. The molecule has 0 saturated heterocycles. The van der Waals surface area contributed by atoms with Crippen molar-refractivity contribution in [3.63, 3.8) is 0 Å². The van der Waals surface area contributed by atoms with Crippen LogP contribution in [-0.2, 0) is 16.4 Å². The Hall–Kier alpha value is -1.41. The summed E-state index contributed by atoms with van der Waals surface area (Å²) in [6.07, 6.45) is 2.33. The van der Waals surface area contributed by atoms with Crippen LogP contribution in [0.5, 0.6) is 0 Å². The largest absolute Gasteiger partial charge is 0.348 e. The average Bonchev–Trinajstić information content (AvgIpc) is 2.91. The highest BCUT2D eigenvalue weighted by molar-refractivity contribution is 7.89. The summed E-state index contributed by atoms with van der Waals surface area (Å²) in [5, 5.41) is 14.3. The summed E-state index contributed by atoms with van der Waals surface area (Å²) < 4.78 is 23.1. The van der Waals surface area contributed by atoms with Gasteiger partial charge >= 0.3 is 0 Å². The van der Waals surface area contributed by atoms with E-state index in [1.165, 1.54) is 0 Å². The van der Waals surface area contributed by atoms with Crippen LogP contribution in [-0.4, -0.2) is 30.6 Å². The molecule has 19 heavy (non-hydrogen) atoms. The van der Waals surface area contributed by atoms with E-state index in [1.807, 2.05) is 0 Å². The smallest absolute Gasteiger partial charge is 0.273 e. The molecule has 0 aromatic carbocycles. The highest BCUT2D eigenvalue weighted by Crippen LogP contribution is 2.33. The second-order valence-electron chi connectivity index (χ2n) is 4.76. The zero-order chi connectivity index (χ0) is 14.2. The van der Waals surface area contributed by atoms with Gasteiger partial charge in [0.2, 0.25) is 10.0 Å². The van der Waals surface area contributed by atoms with E-state index in [-0.39, 0.29) is 16.6 Å². The van der Waals surface area contributed by atoms with Crippen LogP contribution in [0.15, 0.2) is 4.90 Å². The fourth-order valence-electron chi connectivity index (χ4n) is 2.18. The number of hydrogen-bond donors (Lipinski definition) is 3. The lowest BCUT2D eigenvalue weighted by molar-refractivity contribution is 0.0940. The molecule has 106 valence electrons. The van der Waals surface area contributed by atoms with E-state index in [1.54, 1.807) is 6.92 Å². The van der Waals surface area contributed by atoms with Gasteiger partial charge in [-0.1, -0.05) is 20.3 Å². The summed E-state index contributed by atoms with van der Waals surface area (Å²) in [6, 6.07) is 0.118. The number of primary sulfonamides is 1. The lowest BCUT2D eigenvalue weighted by atomic mass is 10.3. The number of aromatic amines is 1. The molecule has 1 fully saturated rings. The number of nitrogens with two attached hydrogens (primary N) is 1. The maximum atomic E-state index is 12.0. The molecule has 2 unspecified atom stereocenters. The number of nitrogens with one attached hydrogen (secondary N) is 2. The Balaban J connectivity index is 2.25. The molecule has 0 spiro atoms. The number of rotatable bonds is 5. The molecule has 1 saturated carbocycles. The Morgan fingerprint density at radius 3 is 2.68 bits per heavy atom. The number of aromatic nitrogens is 2. The number of sulfonamides is 1. The van der Waals surface area contributed by atoms with Crippen molar-refractivity contribution in [3.05, 3.63) is 11.4 Å². The SMILES string of the molecule is CCc1[nH]nc(C(=O)NC2CC2CC)c1S(N)(=O)=O. The van der Waals surface area contributed by atoms with Gasteiger partial charge in [-0.25, -0.2) is 13.6 Å². The predicted octanol–water partition coefficient (Wildman–Crippen LogP) is 0.148. The lowest BCUT2D eigenvalue weighted by Crippen LogP contribution is -2.29. The van der Waals surface area contributed by atoms with E-state index in [0.29, 0.717) is 18.0 Å². The monoisotopic (exact) mass is 286 g/mol. The minimum Gasteiger partial charge on any atom is -0.348 e. The second kappa shape index (κ2) is 4.93. The highest BCUT2D eigenvalue weighted by atomic mass is 32.2. The Bertz CT molecular complexity index is 593. The number of aryl methyl sites for hydroxylation is 1. The van der Waals surface area contributed by atoms with Crippen LogP contribution in [0, 0.1) is 5.92 Å². The van der Waals surface area contributed by atoms with Crippen LogP contribution in [0.2, 0.25) is 0 Å². The van der Waals surface area contributed by atoms with Gasteiger partial charge in [-0.05, 0) is 18.8 Å². The number of nitrogens with zero attached hydrogens (tertiary/aromatic N) is 1. The van der Waals surface area contributed by atoms with Gasteiger partial charge in [0.25, 0.3) is 5.91 Å². The van der Waals surface area contributed by atoms with Crippen LogP contribution in [0.4, 0.5) is 0 Å². The fourth-order valence-corrected chi connectivity index (χ4v) is 3.12. The third-order valence-electron chi connectivity index (χ3n) is 3.41. The number of amides is 1. The van der Waals surface area contributed by atoms with E-state index in [0.717, 1.165) is 12.8 Å². The number of carbonyl (C=O) groups is 1. The first-order chi connectivity index (χ1) is 8.88. The van der Waals surface area contributed by atoms with Crippen LogP contribution < -0.4 is 10.5 Å². The molecule has 2 atom stereocenters. The predicted molar refractivity (Wildman–Crippen MR) is 69.0 cm³/mol. The molecule has 1 aromatic rings. The fraction of sp³-hybridized carbons (Fsp3) is 0.636. The van der Waals surface area contributed by atoms with Crippen LogP contribution >= 0.6 is 0 Å². The van der Waals surface area contributed by atoms with Crippen LogP contribution in [0.25, 0.3) is 0 Å². The Morgan fingerprint density at radius 2 is 2.21 bits per heavy atom. The van der Waals surface area contributed by atoms with E-state index < -0.39 is 15.9 Å². The molecule has 1 aromatic heterocycles. The first kappa shape index (κ1) is 14.0. The molecule has 8 heteroatoms. The van der Waals surface area contributed by atoms with Crippen molar-refractivity contribution in [3.8, 4) is 0 Å². The van der Waals surface area contributed by atoms with Crippen molar-refractivity contribution >= 4 is 15.9 Å². The van der Waals surface area contributed by atoms with Crippen molar-refractivity contribution in [2.24, 2.45) is 11.1 Å². The van der Waals surface area contributed by atoms with Crippen molar-refractivity contribution in [1.29, 1.82) is 0 Å². The summed E-state index contributed by atoms with van der Waals surface area (Å²) >= 11 is 0. The minimum atomic E-state index is -3.97. The molecule has 1 amide bonds. The average molecular weight is 286 g/mol. The standard InChI is InChI=1S/C11H18N4O3S/c1-3-6-5-8(6)13-11(16)9-10(19(12,17)18)7(4-2)14-15-9/h6,8H,3-5H2,1-2H3,(H,13,16)(H,14,15)(H2,12,17,18). The molecule has 0 radical (unpaired) electrons. The maximum absolute atomic E-state index is 12.0. The first-order valence-corrected chi connectivity index (χ1v) is 7.84.